The molecule has 2 heterocycles. The third-order valence-corrected chi connectivity index (χ3v) is 4.74. The summed E-state index contributed by atoms with van der Waals surface area (Å²) in [5, 5.41) is 3.21. The number of amides is 1. The van der Waals surface area contributed by atoms with Crippen molar-refractivity contribution in [3.63, 3.8) is 0 Å². The number of hydrogen-bond acceptors (Lipinski definition) is 7. The molecule has 0 bridgehead atoms. The Morgan fingerprint density at radius 3 is 2.75 bits per heavy atom. The number of aromatic nitrogens is 1. The van der Waals surface area contributed by atoms with E-state index in [4.69, 9.17) is 14.5 Å². The smallest absolute Gasteiger partial charge is 0.337 e. The second kappa shape index (κ2) is 8.26. The van der Waals surface area contributed by atoms with E-state index in [0.29, 0.717) is 36.0 Å². The van der Waals surface area contributed by atoms with E-state index in [-0.39, 0.29) is 11.9 Å². The second-order valence-electron chi connectivity index (χ2n) is 6.50. The maximum Gasteiger partial charge on any atom is 0.337 e. The van der Waals surface area contributed by atoms with Crippen LogP contribution in [0.2, 0.25) is 0 Å². The lowest BCUT2D eigenvalue weighted by Gasteiger charge is -2.39. The van der Waals surface area contributed by atoms with Crippen molar-refractivity contribution in [2.45, 2.75) is 13.0 Å². The number of carbonyl (C=O) groups excluding carboxylic acids is 2. The molecule has 1 amide bonds. The highest BCUT2D eigenvalue weighted by atomic mass is 16.5. The SMILES string of the molecule is COCCN1c2nc(Nc3cccc(C(=O)OC)c3)ccc2N(C)C(=O)C1C. The first-order chi connectivity index (χ1) is 13.5. The fourth-order valence-corrected chi connectivity index (χ4v) is 3.18. The van der Waals surface area contributed by atoms with Crippen molar-refractivity contribution in [3.05, 3.63) is 42.0 Å². The Labute approximate surface area is 164 Å². The van der Waals surface area contributed by atoms with E-state index in [0.717, 1.165) is 5.69 Å². The lowest BCUT2D eigenvalue weighted by molar-refractivity contribution is -0.119. The van der Waals surface area contributed by atoms with Gasteiger partial charge in [-0.1, -0.05) is 6.07 Å². The molecular formula is C20H24N4O4. The Hall–Kier alpha value is -3.13. The number of esters is 1. The van der Waals surface area contributed by atoms with Gasteiger partial charge in [0.1, 0.15) is 11.9 Å². The first-order valence-corrected chi connectivity index (χ1v) is 8.96. The second-order valence-corrected chi connectivity index (χ2v) is 6.50. The number of ether oxygens (including phenoxy) is 2. The number of methoxy groups -OCH3 is 2. The first kappa shape index (κ1) is 19.6. The van der Waals surface area contributed by atoms with Crippen LogP contribution in [0, 0.1) is 0 Å². The van der Waals surface area contributed by atoms with Crippen molar-refractivity contribution in [1.29, 1.82) is 0 Å². The Bertz CT molecular complexity index is 886. The summed E-state index contributed by atoms with van der Waals surface area (Å²) in [5.41, 5.74) is 1.91. The fourth-order valence-electron chi connectivity index (χ4n) is 3.18. The van der Waals surface area contributed by atoms with Crippen LogP contribution in [0.25, 0.3) is 0 Å². The molecule has 0 saturated carbocycles. The van der Waals surface area contributed by atoms with E-state index < -0.39 is 5.97 Å². The van der Waals surface area contributed by atoms with Crippen LogP contribution in [0.15, 0.2) is 36.4 Å². The van der Waals surface area contributed by atoms with Crippen LogP contribution < -0.4 is 15.1 Å². The molecule has 0 aliphatic carbocycles. The van der Waals surface area contributed by atoms with Gasteiger partial charge in [0, 0.05) is 26.4 Å². The minimum absolute atomic E-state index is 0.0110. The molecule has 0 fully saturated rings. The van der Waals surface area contributed by atoms with E-state index in [1.165, 1.54) is 7.11 Å². The zero-order chi connectivity index (χ0) is 20.3. The van der Waals surface area contributed by atoms with Gasteiger partial charge in [-0.3, -0.25) is 4.79 Å². The number of rotatable bonds is 6. The maximum atomic E-state index is 12.5. The average molecular weight is 384 g/mol. The Kier molecular flexibility index (Phi) is 5.79. The van der Waals surface area contributed by atoms with Gasteiger partial charge < -0.3 is 24.6 Å². The molecule has 2 aromatic rings. The molecule has 0 radical (unpaired) electrons. The summed E-state index contributed by atoms with van der Waals surface area (Å²) in [4.78, 5) is 32.5. The minimum atomic E-state index is -0.401. The minimum Gasteiger partial charge on any atom is -0.465 e. The van der Waals surface area contributed by atoms with E-state index in [1.54, 1.807) is 43.3 Å². The predicted molar refractivity (Wildman–Crippen MR) is 107 cm³/mol. The van der Waals surface area contributed by atoms with Crippen LogP contribution in [-0.4, -0.2) is 57.3 Å². The van der Waals surface area contributed by atoms with Gasteiger partial charge in [-0.05, 0) is 37.3 Å². The van der Waals surface area contributed by atoms with Crippen molar-refractivity contribution < 1.29 is 19.1 Å². The van der Waals surface area contributed by atoms with Gasteiger partial charge in [0.2, 0.25) is 5.91 Å². The van der Waals surface area contributed by atoms with Crippen LogP contribution in [0.5, 0.6) is 0 Å². The van der Waals surface area contributed by atoms with Crippen molar-refractivity contribution in [2.75, 3.05) is 49.5 Å². The van der Waals surface area contributed by atoms with Gasteiger partial charge in [-0.2, -0.15) is 0 Å². The lowest BCUT2D eigenvalue weighted by atomic mass is 10.1. The summed E-state index contributed by atoms with van der Waals surface area (Å²) in [7, 11) is 4.73. The number of hydrogen-bond donors (Lipinski definition) is 1. The predicted octanol–water partition coefficient (Wildman–Crippen LogP) is 2.43. The average Bonchev–Trinajstić information content (AvgIpc) is 2.71. The van der Waals surface area contributed by atoms with E-state index in [9.17, 15) is 9.59 Å². The highest BCUT2D eigenvalue weighted by Gasteiger charge is 2.34. The summed E-state index contributed by atoms with van der Waals surface area (Å²) in [5.74, 6) is 0.928. The van der Waals surface area contributed by atoms with Crippen molar-refractivity contribution in [3.8, 4) is 0 Å². The lowest BCUT2D eigenvalue weighted by Crippen LogP contribution is -2.52. The molecule has 148 valence electrons. The molecule has 0 saturated heterocycles. The quantitative estimate of drug-likeness (QED) is 0.766. The molecule has 1 unspecified atom stereocenters. The molecule has 1 atom stereocenters. The summed E-state index contributed by atoms with van der Waals surface area (Å²) >= 11 is 0. The third-order valence-electron chi connectivity index (χ3n) is 4.74. The number of carbonyl (C=O) groups is 2. The zero-order valence-electron chi connectivity index (χ0n) is 16.4. The number of pyridine rings is 1. The molecule has 0 spiro atoms. The van der Waals surface area contributed by atoms with Gasteiger partial charge in [-0.25, -0.2) is 9.78 Å². The highest BCUT2D eigenvalue weighted by Crippen LogP contribution is 2.35. The van der Waals surface area contributed by atoms with Crippen LogP contribution >= 0.6 is 0 Å². The summed E-state index contributed by atoms with van der Waals surface area (Å²) in [6, 6.07) is 10.3. The normalized spacial score (nSPS) is 16.0. The van der Waals surface area contributed by atoms with Crippen LogP contribution in [0.3, 0.4) is 0 Å². The first-order valence-electron chi connectivity index (χ1n) is 8.96. The molecular weight excluding hydrogens is 360 g/mol. The topological polar surface area (TPSA) is 84.0 Å². The Balaban J connectivity index is 1.92. The van der Waals surface area contributed by atoms with Crippen molar-refractivity contribution >= 4 is 34.9 Å². The molecule has 1 aromatic carbocycles. The zero-order valence-corrected chi connectivity index (χ0v) is 16.4. The van der Waals surface area contributed by atoms with E-state index in [1.807, 2.05) is 24.0 Å². The van der Waals surface area contributed by atoms with Gasteiger partial charge in [-0.15, -0.1) is 0 Å². The van der Waals surface area contributed by atoms with Crippen LogP contribution in [0.1, 0.15) is 17.3 Å². The number of benzene rings is 1. The van der Waals surface area contributed by atoms with Crippen molar-refractivity contribution in [1.82, 2.24) is 4.98 Å². The molecule has 8 nitrogen and oxygen atoms in total. The van der Waals surface area contributed by atoms with Gasteiger partial charge >= 0.3 is 5.97 Å². The highest BCUT2D eigenvalue weighted by molar-refractivity contribution is 6.04. The van der Waals surface area contributed by atoms with E-state index in [2.05, 4.69) is 5.32 Å². The summed E-state index contributed by atoms with van der Waals surface area (Å²) in [6.45, 7) is 2.90. The molecule has 1 N–H and O–H groups in total. The summed E-state index contributed by atoms with van der Waals surface area (Å²) < 4.78 is 9.95. The number of anilines is 4. The van der Waals surface area contributed by atoms with Gasteiger partial charge in [0.05, 0.1) is 25.0 Å². The number of fused-ring (bicyclic) bond motifs is 1. The van der Waals surface area contributed by atoms with E-state index >= 15 is 0 Å². The Morgan fingerprint density at radius 1 is 1.25 bits per heavy atom. The number of nitrogens with zero attached hydrogens (tertiary/aromatic N) is 3. The molecule has 28 heavy (non-hydrogen) atoms. The Morgan fingerprint density at radius 2 is 2.04 bits per heavy atom. The standard InChI is InChI=1S/C20H24N4O4/c1-13-19(25)23(2)16-8-9-17(22-18(16)24(13)10-11-27-3)21-15-7-5-6-14(12-15)20(26)28-4/h5-9,12-13H,10-11H2,1-4H3,(H,21,22). The van der Waals surface area contributed by atoms with Crippen LogP contribution in [-0.2, 0) is 14.3 Å². The molecule has 8 heteroatoms. The third kappa shape index (κ3) is 3.77. The molecule has 1 aromatic heterocycles. The molecule has 1 aliphatic rings. The number of likely N-dealkylation sites (N-methyl/N-ethyl adjacent to an activating group) is 1. The maximum absolute atomic E-state index is 12.5. The fraction of sp³-hybridized carbons (Fsp3) is 0.350. The summed E-state index contributed by atoms with van der Waals surface area (Å²) in [6.07, 6.45) is 0. The molecule has 3 rings (SSSR count). The largest absolute Gasteiger partial charge is 0.465 e. The van der Waals surface area contributed by atoms with Gasteiger partial charge in [0.25, 0.3) is 0 Å². The monoisotopic (exact) mass is 384 g/mol. The van der Waals surface area contributed by atoms with Crippen LogP contribution in [0.4, 0.5) is 23.0 Å². The van der Waals surface area contributed by atoms with Crippen molar-refractivity contribution in [2.24, 2.45) is 0 Å². The van der Waals surface area contributed by atoms with Gasteiger partial charge in [0.15, 0.2) is 5.82 Å². The number of nitrogens with one attached hydrogen (secondary N) is 1. The molecule has 1 aliphatic heterocycles.